The molecule has 0 aromatic rings. The fraction of sp³-hybridized carbons (Fsp3) is 0.964. The molecule has 5 rings (SSSR count). The summed E-state index contributed by atoms with van der Waals surface area (Å²) in [5, 5.41) is 64.3. The molecule has 0 aromatic heterocycles. The van der Waals surface area contributed by atoms with Gasteiger partial charge in [-0.15, -0.1) is 0 Å². The molecule has 0 aromatic carbocycles. The molecule has 18 heteroatoms. The van der Waals surface area contributed by atoms with Gasteiger partial charge in [0, 0.05) is 36.5 Å². The Morgan fingerprint density at radius 2 is 1.08 bits per heavy atom. The molecule has 428 valence electrons. The number of carboxylic acid groups (broad SMARTS) is 1. The van der Waals surface area contributed by atoms with Crippen molar-refractivity contribution in [3.05, 3.63) is 0 Å². The maximum absolute atomic E-state index is 12.1. The van der Waals surface area contributed by atoms with E-state index in [4.69, 9.17) is 52.5 Å². The molecule has 23 atom stereocenters. The standard InChI is InChI=1S/C50H90O16.C5H10O2/c1-15-33-18-26(4)39(64-48(33,11)12)22-58-20-35-31(9)62-38(17-3)29(7)49(35,13)66-50(14)36(43(52)28(6)40(65-50)25-60-32(10)51)21-59-23-41-47(56)45(54)34(30(8)61-41)19-57-24-42-46(55)44(53)27(5)37(16-2)63-42;1-5(2,3)4(6)7/h26-31,33-47,52-56H,15-25H2,1-14H3;1-3H3,(H,6,7)/t26?,27-,28?,29?,30?,31?,33+,34?,35-,36?,37?,38+,39+,40?,41+,42+,43-,44-,45-,46?,47?,49-,50+;/m1./s1. The molecule has 5 saturated heterocycles. The van der Waals surface area contributed by atoms with Crippen molar-refractivity contribution in [1.29, 1.82) is 0 Å². The van der Waals surface area contributed by atoms with Gasteiger partial charge in [0.1, 0.15) is 37.1 Å². The molecule has 5 heterocycles. The summed E-state index contributed by atoms with van der Waals surface area (Å²) in [5.41, 5.74) is -1.74. The summed E-state index contributed by atoms with van der Waals surface area (Å²) in [4.78, 5) is 22.0. The molecule has 0 aliphatic carbocycles. The van der Waals surface area contributed by atoms with E-state index >= 15 is 0 Å². The maximum atomic E-state index is 12.1. The summed E-state index contributed by atoms with van der Waals surface area (Å²) < 4.78 is 64.1. The lowest BCUT2D eigenvalue weighted by atomic mass is 9.70. The SMILES string of the molecule is CC(C)(C)C(=O)O.CCC1O[C@@H](COCC2C(C)O[C@@H](COCC3[C@H](O)C(C)C(COC(C)=O)O[C@@]3(C)O[C@]3(C)C(C)[C@H](CC)OC(C)[C@H]3COC[C@@H]3OC(C)(C)[C@@H](CC)CC3C)C(O)[C@@H]2O)C(O)[C@H](O)[C@@H]1C. The van der Waals surface area contributed by atoms with E-state index in [2.05, 4.69) is 48.5 Å². The van der Waals surface area contributed by atoms with E-state index in [-0.39, 0.29) is 80.8 Å². The second kappa shape index (κ2) is 26.8. The van der Waals surface area contributed by atoms with E-state index in [0.717, 1.165) is 19.3 Å². The Bertz CT molecular complexity index is 1690. The Hall–Kier alpha value is -1.62. The van der Waals surface area contributed by atoms with Crippen LogP contribution < -0.4 is 0 Å². The van der Waals surface area contributed by atoms with E-state index in [1.165, 1.54) is 6.92 Å². The predicted octanol–water partition coefficient (Wildman–Crippen LogP) is 5.56. The smallest absolute Gasteiger partial charge is 0.308 e. The van der Waals surface area contributed by atoms with Crippen LogP contribution in [0.25, 0.3) is 0 Å². The summed E-state index contributed by atoms with van der Waals surface area (Å²) >= 11 is 0. The van der Waals surface area contributed by atoms with Crippen LogP contribution in [-0.4, -0.2) is 185 Å². The third-order valence-corrected chi connectivity index (χ3v) is 17.4. The molecule has 0 spiro atoms. The van der Waals surface area contributed by atoms with Crippen LogP contribution in [0.15, 0.2) is 0 Å². The lowest BCUT2D eigenvalue weighted by Crippen LogP contribution is -2.67. The quantitative estimate of drug-likeness (QED) is 0.0867. The third-order valence-electron chi connectivity index (χ3n) is 17.4. The maximum Gasteiger partial charge on any atom is 0.308 e. The van der Waals surface area contributed by atoms with E-state index in [1.807, 2.05) is 27.7 Å². The summed E-state index contributed by atoms with van der Waals surface area (Å²) in [5.74, 6) is -4.35. The highest BCUT2D eigenvalue weighted by Gasteiger charge is 2.60. The highest BCUT2D eigenvalue weighted by atomic mass is 16.7. The first-order chi connectivity index (χ1) is 33.9. The van der Waals surface area contributed by atoms with Gasteiger partial charge in [-0.1, -0.05) is 54.9 Å². The molecule has 5 aliphatic rings. The fourth-order valence-electron chi connectivity index (χ4n) is 11.8. The molecular formula is C55H100O18. The molecule has 0 saturated carbocycles. The van der Waals surface area contributed by atoms with Crippen LogP contribution in [0.5, 0.6) is 0 Å². The summed E-state index contributed by atoms with van der Waals surface area (Å²) in [6.07, 6.45) is -5.64. The number of carbonyl (C=O) groups excluding carboxylic acids is 1. The number of aliphatic carboxylic acids is 1. The summed E-state index contributed by atoms with van der Waals surface area (Å²) in [6.45, 7) is 33.2. The lowest BCUT2D eigenvalue weighted by Gasteiger charge is -2.58. The molecule has 5 fully saturated rings. The van der Waals surface area contributed by atoms with Crippen LogP contribution in [0, 0.1) is 52.8 Å². The zero-order chi connectivity index (χ0) is 55.1. The highest BCUT2D eigenvalue weighted by Crippen LogP contribution is 2.49. The fourth-order valence-corrected chi connectivity index (χ4v) is 11.8. The molecule has 0 amide bonds. The van der Waals surface area contributed by atoms with Crippen molar-refractivity contribution in [2.45, 2.75) is 240 Å². The molecular weight excluding hydrogens is 949 g/mol. The first-order valence-corrected chi connectivity index (χ1v) is 27.4. The number of carbonyl (C=O) groups is 2. The van der Waals surface area contributed by atoms with Crippen LogP contribution in [0.2, 0.25) is 0 Å². The Kier molecular flexibility index (Phi) is 23.5. The Morgan fingerprint density at radius 3 is 1.63 bits per heavy atom. The van der Waals surface area contributed by atoms with Gasteiger partial charge in [0.05, 0.1) is 111 Å². The molecule has 73 heavy (non-hydrogen) atoms. The highest BCUT2D eigenvalue weighted by molar-refractivity contribution is 5.72. The minimum Gasteiger partial charge on any atom is -0.481 e. The lowest BCUT2D eigenvalue weighted by molar-refractivity contribution is -0.395. The van der Waals surface area contributed by atoms with Crippen molar-refractivity contribution < 1.29 is 87.6 Å². The average molecular weight is 1050 g/mol. The van der Waals surface area contributed by atoms with Gasteiger partial charge in [-0.25, -0.2) is 0 Å². The van der Waals surface area contributed by atoms with Crippen LogP contribution in [0.1, 0.15) is 143 Å². The number of ether oxygens (including phenoxy) is 10. The number of aliphatic hydroxyl groups is 5. The second-order valence-corrected chi connectivity index (χ2v) is 24.1. The second-order valence-electron chi connectivity index (χ2n) is 24.1. The Balaban J connectivity index is 0.00000153. The number of esters is 1. The topological polar surface area (TPSA) is 248 Å². The predicted molar refractivity (Wildman–Crippen MR) is 271 cm³/mol. The van der Waals surface area contributed by atoms with E-state index in [1.54, 1.807) is 34.6 Å². The van der Waals surface area contributed by atoms with Crippen molar-refractivity contribution in [2.75, 3.05) is 46.2 Å². The largest absolute Gasteiger partial charge is 0.481 e. The van der Waals surface area contributed by atoms with E-state index in [0.29, 0.717) is 31.5 Å². The molecule has 18 nitrogen and oxygen atoms in total. The molecule has 6 N–H and O–H groups in total. The molecule has 0 bridgehead atoms. The summed E-state index contributed by atoms with van der Waals surface area (Å²) in [7, 11) is 0. The van der Waals surface area contributed by atoms with Gasteiger partial charge in [0.25, 0.3) is 0 Å². The third kappa shape index (κ3) is 15.6. The Labute approximate surface area is 437 Å². The first kappa shape index (κ1) is 63.9. The molecule has 11 unspecified atom stereocenters. The van der Waals surface area contributed by atoms with Crippen LogP contribution >= 0.6 is 0 Å². The zero-order valence-electron chi connectivity index (χ0n) is 47.5. The first-order valence-electron chi connectivity index (χ1n) is 27.4. The van der Waals surface area contributed by atoms with Crippen LogP contribution in [0.3, 0.4) is 0 Å². The van der Waals surface area contributed by atoms with Gasteiger partial charge in [-0.3, -0.25) is 9.59 Å². The molecule has 5 aliphatic heterocycles. The monoisotopic (exact) mass is 1050 g/mol. The van der Waals surface area contributed by atoms with Crippen molar-refractivity contribution in [3.8, 4) is 0 Å². The number of rotatable bonds is 19. The minimum absolute atomic E-state index is 0.00387. The van der Waals surface area contributed by atoms with Gasteiger partial charge in [-0.05, 0) is 93.4 Å². The number of carboxylic acids is 1. The average Bonchev–Trinajstić information content (AvgIpc) is 3.31. The van der Waals surface area contributed by atoms with Gasteiger partial charge in [0.15, 0.2) is 5.79 Å². The van der Waals surface area contributed by atoms with Crippen molar-refractivity contribution in [2.24, 2.45) is 52.8 Å². The Morgan fingerprint density at radius 1 is 0.575 bits per heavy atom. The molecule has 0 radical (unpaired) electrons. The van der Waals surface area contributed by atoms with Gasteiger partial charge in [0.2, 0.25) is 0 Å². The van der Waals surface area contributed by atoms with Gasteiger partial charge >= 0.3 is 11.9 Å². The van der Waals surface area contributed by atoms with Crippen LogP contribution in [0.4, 0.5) is 0 Å². The van der Waals surface area contributed by atoms with Gasteiger partial charge in [-0.2, -0.15) is 0 Å². The number of hydrogen-bond donors (Lipinski definition) is 6. The number of hydrogen-bond acceptors (Lipinski definition) is 17. The van der Waals surface area contributed by atoms with E-state index < -0.39 is 101 Å². The van der Waals surface area contributed by atoms with E-state index in [9.17, 15) is 35.1 Å². The zero-order valence-corrected chi connectivity index (χ0v) is 47.5. The number of aliphatic hydroxyl groups excluding tert-OH is 5. The minimum atomic E-state index is -1.48. The van der Waals surface area contributed by atoms with Gasteiger partial charge < -0.3 is 78.0 Å². The summed E-state index contributed by atoms with van der Waals surface area (Å²) in [6, 6.07) is 0. The van der Waals surface area contributed by atoms with Crippen molar-refractivity contribution in [1.82, 2.24) is 0 Å². The normalized spacial score (nSPS) is 44.2. The van der Waals surface area contributed by atoms with Crippen molar-refractivity contribution >= 4 is 11.9 Å². The van der Waals surface area contributed by atoms with Crippen molar-refractivity contribution in [3.63, 3.8) is 0 Å². The van der Waals surface area contributed by atoms with Crippen LogP contribution in [-0.2, 0) is 57.0 Å².